The maximum atomic E-state index is 9.49. The van der Waals surface area contributed by atoms with E-state index in [-0.39, 0.29) is 12.8 Å². The van der Waals surface area contributed by atoms with Gasteiger partial charge in [-0.2, -0.15) is 0 Å². The second-order valence-electron chi connectivity index (χ2n) is 6.18. The van der Waals surface area contributed by atoms with E-state index < -0.39 is 5.54 Å². The minimum atomic E-state index is -0.437. The van der Waals surface area contributed by atoms with Gasteiger partial charge < -0.3 is 14.7 Å². The van der Waals surface area contributed by atoms with E-state index in [1.807, 2.05) is 31.5 Å². The molecule has 25 heavy (non-hydrogen) atoms. The molecule has 0 bridgehead atoms. The van der Waals surface area contributed by atoms with Crippen LogP contribution in [0, 0.1) is 0 Å². The number of nitrogens with zero attached hydrogens (tertiary/aromatic N) is 2. The number of rotatable bonds is 3. The van der Waals surface area contributed by atoms with E-state index in [1.165, 1.54) is 16.6 Å². The average Bonchev–Trinajstić information content (AvgIpc) is 3.14. The van der Waals surface area contributed by atoms with E-state index in [2.05, 4.69) is 40.4 Å². The topological polar surface area (TPSA) is 45.1 Å². The summed E-state index contributed by atoms with van der Waals surface area (Å²) in [4.78, 5) is 8.01. The Morgan fingerprint density at radius 1 is 1.52 bits per heavy atom. The van der Waals surface area contributed by atoms with Crippen molar-refractivity contribution in [3.05, 3.63) is 50.6 Å². The molecule has 0 fully saturated rings. The lowest BCUT2D eigenvalue weighted by Crippen LogP contribution is -2.34. The van der Waals surface area contributed by atoms with Crippen LogP contribution >= 0.6 is 39.0 Å². The zero-order valence-electron chi connectivity index (χ0n) is 14.4. The number of aliphatic hydroxyl groups is 1. The van der Waals surface area contributed by atoms with Gasteiger partial charge in [0, 0.05) is 28.4 Å². The molecule has 1 aromatic heterocycles. The number of thioether (sulfide) groups is 1. The third kappa shape index (κ3) is 3.89. The molecule has 0 spiro atoms. The fourth-order valence-electron chi connectivity index (χ4n) is 2.99. The first kappa shape index (κ1) is 18.8. The molecule has 1 aliphatic rings. The summed E-state index contributed by atoms with van der Waals surface area (Å²) in [6.07, 6.45) is 2.71. The quantitative estimate of drug-likeness (QED) is 0.420. The smallest absolute Gasteiger partial charge is 0.161 e. The summed E-state index contributed by atoms with van der Waals surface area (Å²) in [6, 6.07) is 10.2. The molecular formula is C18H21BrN2O2S2. The average molecular weight is 441 g/mol. The zero-order chi connectivity index (χ0) is 18.0. The Bertz CT molecular complexity index is 766. The van der Waals surface area contributed by atoms with Crippen LogP contribution in [0.2, 0.25) is 0 Å². The van der Waals surface area contributed by atoms with Gasteiger partial charge in [0.05, 0.1) is 5.54 Å². The first-order valence-corrected chi connectivity index (χ1v) is 10.8. The van der Waals surface area contributed by atoms with Crippen molar-refractivity contribution < 1.29 is 9.84 Å². The summed E-state index contributed by atoms with van der Waals surface area (Å²) in [5.41, 5.74) is 0.626. The number of ether oxygens (including phenoxy) is 1. The van der Waals surface area contributed by atoms with Gasteiger partial charge in [-0.3, -0.25) is 4.99 Å². The maximum absolute atomic E-state index is 9.49. The normalized spacial score (nSPS) is 23.1. The number of thiophene rings is 1. The molecule has 0 saturated carbocycles. The van der Waals surface area contributed by atoms with Gasteiger partial charge in [-0.15, -0.1) is 11.3 Å². The van der Waals surface area contributed by atoms with Gasteiger partial charge >= 0.3 is 0 Å². The highest BCUT2D eigenvalue weighted by Gasteiger charge is 2.39. The van der Waals surface area contributed by atoms with Gasteiger partial charge in [0.2, 0.25) is 0 Å². The number of halogens is 1. The van der Waals surface area contributed by atoms with E-state index in [4.69, 9.17) is 9.73 Å². The molecule has 0 saturated heterocycles. The van der Waals surface area contributed by atoms with Crippen LogP contribution in [-0.2, 0) is 5.54 Å². The molecule has 4 nitrogen and oxygen atoms in total. The number of benzene rings is 1. The van der Waals surface area contributed by atoms with Crippen molar-refractivity contribution in [2.45, 2.75) is 25.0 Å². The molecule has 2 heterocycles. The van der Waals surface area contributed by atoms with Crippen LogP contribution in [0.1, 0.15) is 29.9 Å². The lowest BCUT2D eigenvalue weighted by atomic mass is 9.83. The van der Waals surface area contributed by atoms with Crippen LogP contribution in [0.15, 0.2) is 45.2 Å². The van der Waals surface area contributed by atoms with Crippen molar-refractivity contribution in [1.82, 2.24) is 4.90 Å². The third-order valence-corrected chi connectivity index (χ3v) is 6.52. The summed E-state index contributed by atoms with van der Waals surface area (Å²) in [7, 11) is 1.84. The molecule has 0 radical (unpaired) electrons. The van der Waals surface area contributed by atoms with E-state index in [0.717, 1.165) is 27.4 Å². The number of hydrogen-bond donors (Lipinski definition) is 1. The SMILES string of the molecule is CSC(=NC1(C)CC(c2cccs2)Oc2ccc(Br)cc21)N(C)CO. The molecule has 2 unspecified atom stereocenters. The summed E-state index contributed by atoms with van der Waals surface area (Å²) in [6.45, 7) is 2.08. The molecule has 1 aliphatic heterocycles. The van der Waals surface area contributed by atoms with E-state index in [1.54, 1.807) is 16.2 Å². The summed E-state index contributed by atoms with van der Waals surface area (Å²) in [5.74, 6) is 0.867. The van der Waals surface area contributed by atoms with Gasteiger partial charge in [-0.05, 0) is 42.8 Å². The fourth-order valence-corrected chi connectivity index (χ4v) is 4.77. The summed E-state index contributed by atoms with van der Waals surface area (Å²) >= 11 is 6.81. The van der Waals surface area contributed by atoms with Gasteiger partial charge in [-0.1, -0.05) is 33.8 Å². The summed E-state index contributed by atoms with van der Waals surface area (Å²) in [5, 5.41) is 12.4. The second-order valence-corrected chi connectivity index (χ2v) is 8.85. The lowest BCUT2D eigenvalue weighted by molar-refractivity contribution is 0.134. The van der Waals surface area contributed by atoms with Gasteiger partial charge in [-0.25, -0.2) is 0 Å². The highest BCUT2D eigenvalue weighted by atomic mass is 79.9. The van der Waals surface area contributed by atoms with Crippen molar-refractivity contribution in [1.29, 1.82) is 0 Å². The first-order chi connectivity index (χ1) is 12.0. The fraction of sp³-hybridized carbons (Fsp3) is 0.389. The van der Waals surface area contributed by atoms with E-state index in [0.29, 0.717) is 0 Å². The highest BCUT2D eigenvalue weighted by molar-refractivity contribution is 9.10. The largest absolute Gasteiger partial charge is 0.484 e. The number of aliphatic hydroxyl groups excluding tert-OH is 1. The lowest BCUT2D eigenvalue weighted by Gasteiger charge is -2.38. The van der Waals surface area contributed by atoms with Crippen molar-refractivity contribution in [3.8, 4) is 5.75 Å². The monoisotopic (exact) mass is 440 g/mol. The molecule has 7 heteroatoms. The molecule has 1 aromatic carbocycles. The molecule has 1 N–H and O–H groups in total. The van der Waals surface area contributed by atoms with E-state index >= 15 is 0 Å². The Kier molecular flexibility index (Phi) is 5.78. The Labute approximate surface area is 165 Å². The van der Waals surface area contributed by atoms with Gasteiger partial charge in [0.1, 0.15) is 18.6 Å². The van der Waals surface area contributed by atoms with Crippen LogP contribution in [0.25, 0.3) is 0 Å². The minimum absolute atomic E-state index is 0.0232. The molecule has 2 atom stereocenters. The molecule has 3 rings (SSSR count). The van der Waals surface area contributed by atoms with Crippen molar-refractivity contribution >= 4 is 44.2 Å². The number of amidine groups is 1. The van der Waals surface area contributed by atoms with Crippen molar-refractivity contribution in [2.75, 3.05) is 20.0 Å². The predicted octanol–water partition coefficient (Wildman–Crippen LogP) is 4.85. The van der Waals surface area contributed by atoms with Crippen molar-refractivity contribution in [2.24, 2.45) is 4.99 Å². The van der Waals surface area contributed by atoms with Crippen LogP contribution in [-0.4, -0.2) is 35.2 Å². The standard InChI is InChI=1S/C18H21BrN2O2S2/c1-18(20-17(24-3)21(2)11-22)10-15(16-5-4-8-25-16)23-14-7-6-12(19)9-13(14)18/h4-9,15,22H,10-11H2,1-3H3. The maximum Gasteiger partial charge on any atom is 0.161 e. The molecule has 0 amide bonds. The Hall–Kier alpha value is -1.02. The molecule has 134 valence electrons. The third-order valence-electron chi connectivity index (χ3n) is 4.30. The van der Waals surface area contributed by atoms with Gasteiger partial charge in [0.25, 0.3) is 0 Å². The number of fused-ring (bicyclic) bond motifs is 1. The Morgan fingerprint density at radius 3 is 2.96 bits per heavy atom. The summed E-state index contributed by atoms with van der Waals surface area (Å²) < 4.78 is 7.29. The van der Waals surface area contributed by atoms with Crippen LogP contribution < -0.4 is 4.74 Å². The molecular weight excluding hydrogens is 420 g/mol. The first-order valence-electron chi connectivity index (χ1n) is 7.93. The van der Waals surface area contributed by atoms with Crippen LogP contribution in [0.4, 0.5) is 0 Å². The Morgan fingerprint density at radius 2 is 2.32 bits per heavy atom. The Balaban J connectivity index is 2.09. The minimum Gasteiger partial charge on any atom is -0.484 e. The highest BCUT2D eigenvalue weighted by Crippen LogP contribution is 2.48. The molecule has 2 aromatic rings. The number of aliphatic imine (C=N–C) groups is 1. The zero-order valence-corrected chi connectivity index (χ0v) is 17.6. The predicted molar refractivity (Wildman–Crippen MR) is 110 cm³/mol. The van der Waals surface area contributed by atoms with Gasteiger partial charge in [0.15, 0.2) is 5.17 Å². The van der Waals surface area contributed by atoms with Crippen LogP contribution in [0.3, 0.4) is 0 Å². The van der Waals surface area contributed by atoms with Crippen LogP contribution in [0.5, 0.6) is 5.75 Å². The molecule has 0 aliphatic carbocycles. The number of hydrogen-bond acceptors (Lipinski definition) is 5. The van der Waals surface area contributed by atoms with E-state index in [9.17, 15) is 5.11 Å². The van der Waals surface area contributed by atoms with Crippen molar-refractivity contribution in [3.63, 3.8) is 0 Å². The second kappa shape index (κ2) is 7.70.